The molecule has 0 N–H and O–H groups in total. The quantitative estimate of drug-likeness (QED) is 0.767. The number of hydrogen-bond donors (Lipinski definition) is 0. The Balaban J connectivity index is 1.42. The maximum absolute atomic E-state index is 5.67. The molecule has 1 saturated carbocycles. The van der Waals surface area contributed by atoms with Gasteiger partial charge < -0.3 is 9.47 Å². The topological polar surface area (TPSA) is 29.2 Å². The largest absolute Gasteiger partial charge is 0.369 e. The fourth-order valence-corrected chi connectivity index (χ4v) is 4.05. The number of hydrogen-bond acceptors (Lipinski definition) is 4. The van der Waals surface area contributed by atoms with E-state index in [0.29, 0.717) is 5.92 Å². The van der Waals surface area contributed by atoms with E-state index in [1.807, 2.05) is 4.68 Å². The summed E-state index contributed by atoms with van der Waals surface area (Å²) in [6.45, 7) is 10.3. The summed E-state index contributed by atoms with van der Waals surface area (Å²) in [4.78, 5) is 4.96. The summed E-state index contributed by atoms with van der Waals surface area (Å²) in [5.74, 6) is 1.84. The average Bonchev–Trinajstić information content (AvgIpc) is 3.42. The third-order valence-electron chi connectivity index (χ3n) is 5.37. The van der Waals surface area contributed by atoms with Crippen molar-refractivity contribution < 1.29 is 0 Å². The van der Waals surface area contributed by atoms with Crippen LogP contribution in [0, 0.1) is 11.7 Å². The van der Waals surface area contributed by atoms with Gasteiger partial charge in [0.25, 0.3) is 0 Å². The molecule has 0 radical (unpaired) electrons. The maximum atomic E-state index is 5.67. The molecular weight excluding hydrogens is 330 g/mol. The first kappa shape index (κ1) is 16.8. The lowest BCUT2D eigenvalue weighted by molar-refractivity contribution is 0.193. The van der Waals surface area contributed by atoms with Crippen molar-refractivity contribution in [1.82, 2.24) is 19.2 Å². The zero-order valence-corrected chi connectivity index (χ0v) is 16.0. The zero-order valence-electron chi connectivity index (χ0n) is 15.2. The first-order valence-electron chi connectivity index (χ1n) is 9.38. The molecule has 1 aliphatic carbocycles. The predicted octanol–water partition coefficient (Wildman–Crippen LogP) is 3.40. The Morgan fingerprint density at radius 2 is 1.84 bits per heavy atom. The van der Waals surface area contributed by atoms with Gasteiger partial charge in [-0.05, 0) is 50.5 Å². The third-order valence-corrected chi connectivity index (χ3v) is 5.80. The SMILES string of the molecule is CCn1c(C2CC2)nn(CN2CCN(c3ccccc3C)CC2)c1=S. The van der Waals surface area contributed by atoms with Gasteiger partial charge in [-0.3, -0.25) is 4.90 Å². The highest BCUT2D eigenvalue weighted by molar-refractivity contribution is 7.71. The van der Waals surface area contributed by atoms with E-state index in [1.165, 1.54) is 29.9 Å². The molecule has 4 rings (SSSR count). The van der Waals surface area contributed by atoms with Crippen LogP contribution in [0.2, 0.25) is 0 Å². The normalized spacial score (nSPS) is 18.7. The number of para-hydroxylation sites is 1. The lowest BCUT2D eigenvalue weighted by Crippen LogP contribution is -2.47. The van der Waals surface area contributed by atoms with Crippen molar-refractivity contribution in [2.24, 2.45) is 0 Å². The molecule has 1 saturated heterocycles. The molecule has 5 nitrogen and oxygen atoms in total. The zero-order chi connectivity index (χ0) is 17.4. The molecule has 6 heteroatoms. The van der Waals surface area contributed by atoms with Crippen molar-refractivity contribution in [2.45, 2.75) is 45.8 Å². The summed E-state index contributed by atoms with van der Waals surface area (Å²) >= 11 is 5.67. The molecule has 0 unspecified atom stereocenters. The molecule has 1 aliphatic heterocycles. The second-order valence-electron chi connectivity index (χ2n) is 7.19. The van der Waals surface area contributed by atoms with Gasteiger partial charge in [0.05, 0.1) is 6.67 Å². The second-order valence-corrected chi connectivity index (χ2v) is 7.56. The molecule has 1 aromatic heterocycles. The first-order valence-corrected chi connectivity index (χ1v) is 9.78. The Kier molecular flexibility index (Phi) is 4.65. The van der Waals surface area contributed by atoms with Gasteiger partial charge in [-0.15, -0.1) is 0 Å². The van der Waals surface area contributed by atoms with Crippen molar-refractivity contribution in [1.29, 1.82) is 0 Å². The maximum Gasteiger partial charge on any atom is 0.199 e. The monoisotopic (exact) mass is 357 g/mol. The van der Waals surface area contributed by atoms with Gasteiger partial charge in [0.15, 0.2) is 4.77 Å². The minimum absolute atomic E-state index is 0.640. The van der Waals surface area contributed by atoms with Crippen molar-refractivity contribution in [2.75, 3.05) is 31.1 Å². The summed E-state index contributed by atoms with van der Waals surface area (Å²) in [5, 5.41) is 4.85. The Hall–Kier alpha value is -1.66. The van der Waals surface area contributed by atoms with Crippen molar-refractivity contribution in [3.63, 3.8) is 0 Å². The molecule has 2 fully saturated rings. The molecular formula is C19H27N5S. The van der Waals surface area contributed by atoms with Gasteiger partial charge in [-0.25, -0.2) is 4.68 Å². The highest BCUT2D eigenvalue weighted by Gasteiger charge is 2.30. The molecule has 0 bridgehead atoms. The van der Waals surface area contributed by atoms with E-state index in [2.05, 4.69) is 52.5 Å². The number of benzene rings is 1. The van der Waals surface area contributed by atoms with Gasteiger partial charge in [0, 0.05) is 44.3 Å². The van der Waals surface area contributed by atoms with E-state index >= 15 is 0 Å². The fourth-order valence-electron chi connectivity index (χ4n) is 3.73. The predicted molar refractivity (Wildman–Crippen MR) is 104 cm³/mol. The molecule has 2 heterocycles. The number of nitrogens with zero attached hydrogens (tertiary/aromatic N) is 5. The van der Waals surface area contributed by atoms with Crippen LogP contribution in [-0.2, 0) is 13.2 Å². The molecule has 0 spiro atoms. The van der Waals surface area contributed by atoms with E-state index in [-0.39, 0.29) is 0 Å². The van der Waals surface area contributed by atoms with E-state index < -0.39 is 0 Å². The number of anilines is 1. The Bertz CT molecular complexity index is 796. The number of piperazine rings is 1. The van der Waals surface area contributed by atoms with Gasteiger partial charge in [0.1, 0.15) is 5.82 Å². The van der Waals surface area contributed by atoms with E-state index in [1.54, 1.807) is 0 Å². The molecule has 2 aliphatic rings. The summed E-state index contributed by atoms with van der Waals surface area (Å²) in [6, 6.07) is 8.66. The summed E-state index contributed by atoms with van der Waals surface area (Å²) < 4.78 is 5.14. The molecule has 0 amide bonds. The first-order chi connectivity index (χ1) is 12.2. The van der Waals surface area contributed by atoms with Crippen LogP contribution >= 0.6 is 12.2 Å². The van der Waals surface area contributed by atoms with Crippen molar-refractivity contribution >= 4 is 17.9 Å². The van der Waals surface area contributed by atoms with Crippen LogP contribution < -0.4 is 4.90 Å². The average molecular weight is 358 g/mol. The van der Waals surface area contributed by atoms with Gasteiger partial charge in [0.2, 0.25) is 0 Å². The van der Waals surface area contributed by atoms with Crippen LogP contribution in [0.5, 0.6) is 0 Å². The molecule has 134 valence electrons. The highest BCUT2D eigenvalue weighted by Crippen LogP contribution is 2.39. The molecule has 2 aromatic rings. The summed E-state index contributed by atoms with van der Waals surface area (Å²) in [7, 11) is 0. The number of aromatic nitrogens is 3. The fraction of sp³-hybridized carbons (Fsp3) is 0.579. The summed E-state index contributed by atoms with van der Waals surface area (Å²) in [6.07, 6.45) is 2.53. The van der Waals surface area contributed by atoms with Gasteiger partial charge in [-0.1, -0.05) is 18.2 Å². The van der Waals surface area contributed by atoms with Gasteiger partial charge in [-0.2, -0.15) is 5.10 Å². The standard InChI is InChI=1S/C19H27N5S/c1-3-23-18(16-8-9-16)20-24(19(23)25)14-21-10-12-22(13-11-21)17-7-5-4-6-15(17)2/h4-7,16H,3,8-14H2,1-2H3. The van der Waals surface area contributed by atoms with Gasteiger partial charge >= 0.3 is 0 Å². The van der Waals surface area contributed by atoms with Crippen LogP contribution in [0.4, 0.5) is 5.69 Å². The third kappa shape index (κ3) is 3.37. The Morgan fingerprint density at radius 1 is 1.12 bits per heavy atom. The van der Waals surface area contributed by atoms with Crippen LogP contribution in [0.15, 0.2) is 24.3 Å². The van der Waals surface area contributed by atoms with Crippen molar-refractivity contribution in [3.8, 4) is 0 Å². The smallest absolute Gasteiger partial charge is 0.199 e. The number of rotatable bonds is 5. The summed E-state index contributed by atoms with van der Waals surface area (Å²) in [5.41, 5.74) is 2.72. The van der Waals surface area contributed by atoms with Crippen LogP contribution in [0.25, 0.3) is 0 Å². The lowest BCUT2D eigenvalue weighted by atomic mass is 10.1. The molecule has 25 heavy (non-hydrogen) atoms. The van der Waals surface area contributed by atoms with E-state index in [9.17, 15) is 0 Å². The minimum atomic E-state index is 0.640. The van der Waals surface area contributed by atoms with Crippen LogP contribution in [0.3, 0.4) is 0 Å². The lowest BCUT2D eigenvalue weighted by Gasteiger charge is -2.36. The van der Waals surface area contributed by atoms with E-state index in [4.69, 9.17) is 17.3 Å². The van der Waals surface area contributed by atoms with Crippen LogP contribution in [-0.4, -0.2) is 45.4 Å². The second kappa shape index (κ2) is 6.92. The highest BCUT2D eigenvalue weighted by atomic mass is 32.1. The van der Waals surface area contributed by atoms with E-state index in [0.717, 1.165) is 44.2 Å². The minimum Gasteiger partial charge on any atom is -0.369 e. The Labute approximate surface area is 154 Å². The Morgan fingerprint density at radius 3 is 2.48 bits per heavy atom. The van der Waals surface area contributed by atoms with Crippen molar-refractivity contribution in [3.05, 3.63) is 40.4 Å². The molecule has 1 aromatic carbocycles. The molecule has 0 atom stereocenters. The number of aryl methyl sites for hydroxylation is 1. The van der Waals surface area contributed by atoms with Crippen LogP contribution in [0.1, 0.15) is 37.1 Å².